The van der Waals surface area contributed by atoms with Crippen molar-refractivity contribution >= 4 is 45.7 Å². The van der Waals surface area contributed by atoms with Gasteiger partial charge in [0.1, 0.15) is 10.5 Å². The minimum absolute atomic E-state index is 0.194. The molecule has 0 radical (unpaired) electrons. The predicted molar refractivity (Wildman–Crippen MR) is 146 cm³/mol. The Balaban J connectivity index is 1.38. The van der Waals surface area contributed by atoms with E-state index in [9.17, 15) is 19.2 Å². The summed E-state index contributed by atoms with van der Waals surface area (Å²) in [5.41, 5.74) is 2.13. The molecular formula is C30H27N3O5S. The van der Waals surface area contributed by atoms with Crippen LogP contribution in [0.15, 0.2) is 54.6 Å². The topological polar surface area (TPSA) is 105 Å². The molecule has 2 unspecified atom stereocenters. The first-order valence-electron chi connectivity index (χ1n) is 13.4. The smallest absolute Gasteiger partial charge is 0.341 e. The van der Waals surface area contributed by atoms with Crippen molar-refractivity contribution in [1.82, 2.24) is 5.32 Å². The van der Waals surface area contributed by atoms with Gasteiger partial charge in [-0.25, -0.2) is 9.69 Å². The Morgan fingerprint density at radius 2 is 1.82 bits per heavy atom. The van der Waals surface area contributed by atoms with Gasteiger partial charge in [-0.05, 0) is 49.8 Å². The molecule has 4 heterocycles. The number of esters is 1. The maximum Gasteiger partial charge on any atom is 0.341 e. The van der Waals surface area contributed by atoms with Crippen molar-refractivity contribution in [1.29, 1.82) is 0 Å². The summed E-state index contributed by atoms with van der Waals surface area (Å²) in [7, 11) is 0. The molecule has 8 nitrogen and oxygen atoms in total. The van der Waals surface area contributed by atoms with E-state index in [1.807, 2.05) is 54.6 Å². The van der Waals surface area contributed by atoms with Gasteiger partial charge in [0.15, 0.2) is 0 Å². The third-order valence-electron chi connectivity index (χ3n) is 8.51. The molecule has 1 aliphatic carbocycles. The summed E-state index contributed by atoms with van der Waals surface area (Å²) < 4.78 is 5.38. The number of nitrogens with zero attached hydrogens (tertiary/aromatic N) is 1. The van der Waals surface area contributed by atoms with E-state index in [1.54, 1.807) is 6.92 Å². The number of para-hydroxylation sites is 1. The molecule has 3 amide bonds. The number of hydrogen-bond acceptors (Lipinski definition) is 7. The first-order valence-corrected chi connectivity index (χ1v) is 14.2. The van der Waals surface area contributed by atoms with Gasteiger partial charge in [0.25, 0.3) is 0 Å². The fourth-order valence-corrected chi connectivity index (χ4v) is 8.35. The number of anilines is 2. The normalized spacial score (nSPS) is 26.6. The van der Waals surface area contributed by atoms with E-state index in [2.05, 4.69) is 10.6 Å². The number of aryl methyl sites for hydroxylation is 1. The van der Waals surface area contributed by atoms with Crippen LogP contribution in [0.25, 0.3) is 0 Å². The van der Waals surface area contributed by atoms with E-state index in [-0.39, 0.29) is 18.4 Å². The monoisotopic (exact) mass is 541 g/mol. The number of rotatable bonds is 5. The zero-order valence-electron chi connectivity index (χ0n) is 21.4. The van der Waals surface area contributed by atoms with Gasteiger partial charge in [0.05, 0.1) is 24.0 Å². The van der Waals surface area contributed by atoms with Crippen LogP contribution in [0.1, 0.15) is 45.3 Å². The van der Waals surface area contributed by atoms with Gasteiger partial charge in [0.2, 0.25) is 17.7 Å². The first-order chi connectivity index (χ1) is 19.0. The number of hydrogen-bond donors (Lipinski definition) is 2. The molecule has 2 fully saturated rings. The first kappa shape index (κ1) is 24.2. The molecule has 4 aliphatic rings. The molecule has 39 heavy (non-hydrogen) atoms. The van der Waals surface area contributed by atoms with Gasteiger partial charge >= 0.3 is 5.97 Å². The largest absolute Gasteiger partial charge is 0.462 e. The summed E-state index contributed by atoms with van der Waals surface area (Å²) in [5, 5.41) is 6.76. The Morgan fingerprint density at radius 1 is 1.05 bits per heavy atom. The second-order valence-corrected chi connectivity index (χ2v) is 11.6. The van der Waals surface area contributed by atoms with Crippen molar-refractivity contribution in [2.75, 3.05) is 16.8 Å². The van der Waals surface area contributed by atoms with Crippen molar-refractivity contribution < 1.29 is 23.9 Å². The molecule has 2 N–H and O–H groups in total. The van der Waals surface area contributed by atoms with Crippen molar-refractivity contribution in [2.24, 2.45) is 11.8 Å². The van der Waals surface area contributed by atoms with Crippen LogP contribution in [-0.4, -0.2) is 36.3 Å². The Hall–Kier alpha value is -3.82. The molecule has 2 aromatic carbocycles. The zero-order valence-corrected chi connectivity index (χ0v) is 22.2. The molecule has 1 aromatic heterocycles. The number of ether oxygens (including phenoxy) is 1. The quantitative estimate of drug-likeness (QED) is 0.378. The fourth-order valence-electron chi connectivity index (χ4n) is 6.96. The standard InChI is InChI=1S/C30H27N3O5S/c1-2-38-28(36)22-17-11-8-14-21(17)39-27(22)33-25(34)23-20(15-16-9-4-3-5-10-16)32-30(24(23)26(33)35)18-12-6-7-13-19(18)31-29(30)37/h3-7,9-10,12-13,20,23-24,32H,2,8,11,14-15H2,1H3,(H,31,37)/t20?,23-,24+,30?/m1/s1. The minimum atomic E-state index is -1.38. The van der Waals surface area contributed by atoms with Crippen LogP contribution < -0.4 is 15.5 Å². The van der Waals surface area contributed by atoms with Crippen molar-refractivity contribution in [3.8, 4) is 0 Å². The number of benzene rings is 2. The van der Waals surface area contributed by atoms with Crippen molar-refractivity contribution in [3.05, 3.63) is 81.7 Å². The molecule has 0 bridgehead atoms. The van der Waals surface area contributed by atoms with Gasteiger partial charge in [-0.15, -0.1) is 11.3 Å². The lowest BCUT2D eigenvalue weighted by Gasteiger charge is -2.29. The molecular weight excluding hydrogens is 514 g/mol. The Bertz CT molecular complexity index is 1550. The lowest BCUT2D eigenvalue weighted by molar-refractivity contribution is -0.130. The van der Waals surface area contributed by atoms with Crippen LogP contribution in [0.2, 0.25) is 0 Å². The van der Waals surface area contributed by atoms with Gasteiger partial charge < -0.3 is 10.1 Å². The number of imide groups is 1. The lowest BCUT2D eigenvalue weighted by atomic mass is 9.76. The van der Waals surface area contributed by atoms with E-state index >= 15 is 0 Å². The fraction of sp³-hybridized carbons (Fsp3) is 0.333. The Kier molecular flexibility index (Phi) is 5.50. The maximum atomic E-state index is 14.4. The Morgan fingerprint density at radius 3 is 2.62 bits per heavy atom. The molecule has 3 aliphatic heterocycles. The van der Waals surface area contributed by atoms with E-state index < -0.39 is 35.3 Å². The second kappa shape index (κ2) is 8.86. The minimum Gasteiger partial charge on any atom is -0.462 e. The SMILES string of the molecule is CCOC(=O)c1c(N2C(=O)[C@@H]3C(Cc4ccccc4)NC4(C(=O)Nc5ccccc54)[C@@H]3C2=O)sc2c1CCC2. The van der Waals surface area contributed by atoms with E-state index in [4.69, 9.17) is 4.74 Å². The van der Waals surface area contributed by atoms with E-state index in [0.29, 0.717) is 34.7 Å². The summed E-state index contributed by atoms with van der Waals surface area (Å²) in [5.74, 6) is -3.40. The van der Waals surface area contributed by atoms with Crippen LogP contribution in [0.3, 0.4) is 0 Å². The highest BCUT2D eigenvalue weighted by atomic mass is 32.1. The van der Waals surface area contributed by atoms with Gasteiger partial charge in [-0.3, -0.25) is 19.7 Å². The predicted octanol–water partition coefficient (Wildman–Crippen LogP) is 3.58. The van der Waals surface area contributed by atoms with E-state index in [0.717, 1.165) is 28.8 Å². The molecule has 7 rings (SSSR count). The average Bonchev–Trinajstić information content (AvgIpc) is 3.70. The third kappa shape index (κ3) is 3.32. The number of fused-ring (bicyclic) bond motifs is 5. The van der Waals surface area contributed by atoms with E-state index in [1.165, 1.54) is 16.2 Å². The maximum absolute atomic E-state index is 14.4. The van der Waals surface area contributed by atoms with Crippen LogP contribution in [0.5, 0.6) is 0 Å². The Labute approximate surface area is 229 Å². The van der Waals surface area contributed by atoms with Crippen LogP contribution in [0.4, 0.5) is 10.7 Å². The number of amides is 3. The van der Waals surface area contributed by atoms with Gasteiger partial charge in [-0.1, -0.05) is 48.5 Å². The summed E-state index contributed by atoms with van der Waals surface area (Å²) in [4.78, 5) is 57.8. The summed E-state index contributed by atoms with van der Waals surface area (Å²) in [6, 6.07) is 16.6. The highest BCUT2D eigenvalue weighted by Crippen LogP contribution is 2.55. The zero-order chi connectivity index (χ0) is 26.9. The number of carbonyl (C=O) groups excluding carboxylic acids is 4. The second-order valence-electron chi connectivity index (χ2n) is 10.5. The van der Waals surface area contributed by atoms with Crippen molar-refractivity contribution in [2.45, 2.75) is 44.2 Å². The molecule has 3 aromatic rings. The summed E-state index contributed by atoms with van der Waals surface area (Å²) in [6.45, 7) is 1.93. The molecule has 198 valence electrons. The van der Waals surface area contributed by atoms with Crippen LogP contribution in [-0.2, 0) is 43.9 Å². The molecule has 2 saturated heterocycles. The summed E-state index contributed by atoms with van der Waals surface area (Å²) >= 11 is 1.33. The number of thiophene rings is 1. The molecule has 1 spiro atoms. The highest BCUT2D eigenvalue weighted by molar-refractivity contribution is 7.17. The lowest BCUT2D eigenvalue weighted by Crippen LogP contribution is -2.53. The molecule has 4 atom stereocenters. The summed E-state index contributed by atoms with van der Waals surface area (Å²) in [6.07, 6.45) is 2.90. The molecule has 9 heteroatoms. The van der Waals surface area contributed by atoms with Gasteiger partial charge in [-0.2, -0.15) is 0 Å². The highest BCUT2D eigenvalue weighted by Gasteiger charge is 2.71. The number of nitrogens with one attached hydrogen (secondary N) is 2. The van der Waals surface area contributed by atoms with Gasteiger partial charge in [0, 0.05) is 22.2 Å². The van der Waals surface area contributed by atoms with Crippen LogP contribution in [0, 0.1) is 11.8 Å². The van der Waals surface area contributed by atoms with Crippen molar-refractivity contribution in [3.63, 3.8) is 0 Å². The average molecular weight is 542 g/mol. The molecule has 0 saturated carbocycles. The van der Waals surface area contributed by atoms with Crippen LogP contribution >= 0.6 is 11.3 Å². The third-order valence-corrected chi connectivity index (χ3v) is 9.78. The number of carbonyl (C=O) groups is 4.